The second kappa shape index (κ2) is 8.26. The lowest BCUT2D eigenvalue weighted by Gasteiger charge is -2.30. The van der Waals surface area contributed by atoms with Gasteiger partial charge in [-0.15, -0.1) is 11.3 Å². The van der Waals surface area contributed by atoms with Gasteiger partial charge >= 0.3 is 0 Å². The number of hydrogen-bond donors (Lipinski definition) is 1. The van der Waals surface area contributed by atoms with Gasteiger partial charge < -0.3 is 5.32 Å². The molecule has 0 aliphatic carbocycles. The number of thiophene rings is 1. The third kappa shape index (κ3) is 4.67. The molecule has 0 radical (unpaired) electrons. The number of carbonyl (C=O) groups is 1. The second-order valence-corrected chi connectivity index (χ2v) is 12.6. The Morgan fingerprint density at radius 1 is 1.14 bits per heavy atom. The Bertz CT molecular complexity index is 956. The molecule has 1 amide bonds. The molecule has 1 N–H and O–H groups in total. The van der Waals surface area contributed by atoms with Crippen molar-refractivity contribution < 1.29 is 13.2 Å². The van der Waals surface area contributed by atoms with E-state index in [0.717, 1.165) is 15.0 Å². The predicted molar refractivity (Wildman–Crippen MR) is 117 cm³/mol. The normalized spacial score (nSPS) is 16.9. The molecule has 152 valence electrons. The lowest BCUT2D eigenvalue weighted by Crippen LogP contribution is -2.41. The zero-order valence-corrected chi connectivity index (χ0v) is 19.5. The number of benzene rings is 1. The molecule has 8 heteroatoms. The van der Waals surface area contributed by atoms with E-state index in [4.69, 9.17) is 0 Å². The maximum Gasteiger partial charge on any atom is 0.252 e. The van der Waals surface area contributed by atoms with E-state index in [0.29, 0.717) is 30.1 Å². The molecule has 3 rings (SSSR count). The molecule has 0 atom stereocenters. The zero-order chi connectivity index (χ0) is 20.5. The van der Waals surface area contributed by atoms with Crippen molar-refractivity contribution >= 4 is 48.9 Å². The SMILES string of the molecule is CC(C)(C)c1ccccc1NC(=O)C1CCN(S(=O)(=O)c2ccc(Br)s2)CC1. The fourth-order valence-electron chi connectivity index (χ4n) is 3.40. The molecular formula is C20H25BrN2O3S2. The van der Waals surface area contributed by atoms with Crippen molar-refractivity contribution in [1.29, 1.82) is 0 Å². The average Bonchev–Trinajstić information content (AvgIpc) is 3.08. The van der Waals surface area contributed by atoms with E-state index in [1.54, 1.807) is 12.1 Å². The van der Waals surface area contributed by atoms with Gasteiger partial charge in [0, 0.05) is 24.7 Å². The Morgan fingerprint density at radius 2 is 1.79 bits per heavy atom. The van der Waals surface area contributed by atoms with Crippen molar-refractivity contribution in [3.63, 3.8) is 0 Å². The molecule has 2 aromatic rings. The van der Waals surface area contributed by atoms with Gasteiger partial charge in [0.05, 0.1) is 3.79 Å². The number of nitrogens with zero attached hydrogens (tertiary/aromatic N) is 1. The molecule has 0 spiro atoms. The van der Waals surface area contributed by atoms with Crippen LogP contribution in [-0.4, -0.2) is 31.7 Å². The fourth-order valence-corrected chi connectivity index (χ4v) is 7.04. The van der Waals surface area contributed by atoms with Crippen molar-refractivity contribution in [1.82, 2.24) is 4.31 Å². The Morgan fingerprint density at radius 3 is 2.36 bits per heavy atom. The van der Waals surface area contributed by atoms with Gasteiger partial charge in [0.2, 0.25) is 5.91 Å². The predicted octanol–water partition coefficient (Wildman–Crippen LogP) is 4.85. The van der Waals surface area contributed by atoms with E-state index in [9.17, 15) is 13.2 Å². The summed E-state index contributed by atoms with van der Waals surface area (Å²) in [6.07, 6.45) is 1.05. The lowest BCUT2D eigenvalue weighted by atomic mass is 9.85. The number of halogens is 1. The molecule has 28 heavy (non-hydrogen) atoms. The van der Waals surface area contributed by atoms with E-state index in [2.05, 4.69) is 42.0 Å². The number of hydrogen-bond acceptors (Lipinski definition) is 4. The molecule has 0 unspecified atom stereocenters. The lowest BCUT2D eigenvalue weighted by molar-refractivity contribution is -0.120. The van der Waals surface area contributed by atoms with E-state index >= 15 is 0 Å². The highest BCUT2D eigenvalue weighted by Crippen LogP contribution is 2.32. The van der Waals surface area contributed by atoms with Crippen LogP contribution in [0.25, 0.3) is 0 Å². The number of piperidine rings is 1. The fraction of sp³-hybridized carbons (Fsp3) is 0.450. The van der Waals surface area contributed by atoms with Gasteiger partial charge in [0.25, 0.3) is 10.0 Å². The van der Waals surface area contributed by atoms with E-state index in [1.165, 1.54) is 15.6 Å². The first-order valence-corrected chi connectivity index (χ1v) is 12.3. The first-order valence-electron chi connectivity index (χ1n) is 9.25. The van der Waals surface area contributed by atoms with Gasteiger partial charge in [0.15, 0.2) is 0 Å². The van der Waals surface area contributed by atoms with E-state index in [-0.39, 0.29) is 17.2 Å². The number of carbonyl (C=O) groups excluding carboxylic acids is 1. The summed E-state index contributed by atoms with van der Waals surface area (Å²) in [5.41, 5.74) is 1.85. The number of para-hydroxylation sites is 1. The number of sulfonamides is 1. The molecule has 1 fully saturated rings. The van der Waals surface area contributed by atoms with Gasteiger partial charge in [-0.05, 0) is 57.9 Å². The molecule has 2 heterocycles. The largest absolute Gasteiger partial charge is 0.326 e. The van der Waals surface area contributed by atoms with Crippen LogP contribution in [0.2, 0.25) is 0 Å². The van der Waals surface area contributed by atoms with E-state index < -0.39 is 10.0 Å². The topological polar surface area (TPSA) is 66.5 Å². The third-order valence-corrected chi connectivity index (χ3v) is 8.95. The van der Waals surface area contributed by atoms with Gasteiger partial charge in [0.1, 0.15) is 4.21 Å². The van der Waals surface area contributed by atoms with Crippen molar-refractivity contribution in [2.45, 2.75) is 43.2 Å². The Labute approximate surface area is 179 Å². The minimum Gasteiger partial charge on any atom is -0.326 e. The standard InChI is InChI=1S/C20H25BrN2O3S2/c1-20(2,3)15-6-4-5-7-16(15)22-19(24)14-10-12-23(13-11-14)28(25,26)18-9-8-17(21)27-18/h4-9,14H,10-13H2,1-3H3,(H,22,24). The van der Waals surface area contributed by atoms with Crippen LogP contribution in [0.1, 0.15) is 39.2 Å². The monoisotopic (exact) mass is 484 g/mol. The molecule has 1 aliphatic rings. The molecule has 1 aromatic carbocycles. The number of amides is 1. The summed E-state index contributed by atoms with van der Waals surface area (Å²) in [5.74, 6) is -0.220. The molecular weight excluding hydrogens is 460 g/mol. The van der Waals surface area contributed by atoms with Crippen molar-refractivity contribution in [3.8, 4) is 0 Å². The van der Waals surface area contributed by atoms with Crippen LogP contribution in [0.4, 0.5) is 5.69 Å². The summed E-state index contributed by atoms with van der Waals surface area (Å²) in [4.78, 5) is 12.8. The van der Waals surface area contributed by atoms with Gasteiger partial charge in [-0.25, -0.2) is 8.42 Å². The number of nitrogens with one attached hydrogen (secondary N) is 1. The molecule has 1 aromatic heterocycles. The third-order valence-electron chi connectivity index (χ3n) is 4.96. The molecule has 1 saturated heterocycles. The van der Waals surface area contributed by atoms with Crippen molar-refractivity contribution in [2.24, 2.45) is 5.92 Å². The quantitative estimate of drug-likeness (QED) is 0.674. The molecule has 1 aliphatic heterocycles. The zero-order valence-electron chi connectivity index (χ0n) is 16.2. The van der Waals surface area contributed by atoms with E-state index in [1.807, 2.05) is 24.3 Å². The van der Waals surface area contributed by atoms with Crippen LogP contribution in [0.3, 0.4) is 0 Å². The first kappa shape index (κ1) is 21.5. The summed E-state index contributed by atoms with van der Waals surface area (Å²) >= 11 is 4.52. The number of anilines is 1. The molecule has 5 nitrogen and oxygen atoms in total. The van der Waals surface area contributed by atoms with Crippen LogP contribution in [-0.2, 0) is 20.2 Å². The van der Waals surface area contributed by atoms with Crippen molar-refractivity contribution in [3.05, 3.63) is 45.7 Å². The Kier molecular flexibility index (Phi) is 6.34. The average molecular weight is 485 g/mol. The van der Waals surface area contributed by atoms with Crippen molar-refractivity contribution in [2.75, 3.05) is 18.4 Å². The first-order chi connectivity index (χ1) is 13.1. The molecule has 0 saturated carbocycles. The smallest absolute Gasteiger partial charge is 0.252 e. The van der Waals surface area contributed by atoms with Crippen LogP contribution in [0.15, 0.2) is 44.4 Å². The van der Waals surface area contributed by atoms with Gasteiger partial charge in [-0.2, -0.15) is 4.31 Å². The number of rotatable bonds is 4. The summed E-state index contributed by atoms with van der Waals surface area (Å²) in [6.45, 7) is 7.06. The van der Waals surface area contributed by atoms with Crippen LogP contribution in [0.5, 0.6) is 0 Å². The highest BCUT2D eigenvalue weighted by atomic mass is 79.9. The van der Waals surface area contributed by atoms with Crippen LogP contribution >= 0.6 is 27.3 Å². The Hall–Kier alpha value is -1.22. The maximum atomic E-state index is 12.8. The molecule has 0 bridgehead atoms. The minimum atomic E-state index is -3.49. The highest BCUT2D eigenvalue weighted by Gasteiger charge is 2.33. The maximum absolute atomic E-state index is 12.8. The van der Waals surface area contributed by atoms with Crippen LogP contribution < -0.4 is 5.32 Å². The van der Waals surface area contributed by atoms with Crippen LogP contribution in [0, 0.1) is 5.92 Å². The summed E-state index contributed by atoms with van der Waals surface area (Å²) in [6, 6.07) is 11.2. The minimum absolute atomic E-state index is 0.0346. The Balaban J connectivity index is 1.65. The van der Waals surface area contributed by atoms with Gasteiger partial charge in [-0.3, -0.25) is 4.79 Å². The second-order valence-electron chi connectivity index (χ2n) is 8.02. The highest BCUT2D eigenvalue weighted by molar-refractivity contribution is 9.11. The summed E-state index contributed by atoms with van der Waals surface area (Å²) in [5, 5.41) is 3.06. The van der Waals surface area contributed by atoms with Gasteiger partial charge in [-0.1, -0.05) is 39.0 Å². The summed E-state index contributed by atoms with van der Waals surface area (Å²) in [7, 11) is -3.49. The summed E-state index contributed by atoms with van der Waals surface area (Å²) < 4.78 is 28.1.